The summed E-state index contributed by atoms with van der Waals surface area (Å²) < 4.78 is 0. The van der Waals surface area contributed by atoms with Gasteiger partial charge in [-0.15, -0.1) is 11.3 Å². The maximum atomic E-state index is 11.4. The van der Waals surface area contributed by atoms with Crippen molar-refractivity contribution in [1.29, 1.82) is 0 Å². The fourth-order valence-electron chi connectivity index (χ4n) is 2.18. The van der Waals surface area contributed by atoms with Gasteiger partial charge in [-0.3, -0.25) is 0 Å². The number of hydrogen-bond acceptors (Lipinski definition) is 3. The predicted octanol–water partition coefficient (Wildman–Crippen LogP) is 4.83. The average molecular weight is 303 g/mol. The summed E-state index contributed by atoms with van der Waals surface area (Å²) in [4.78, 5) is 16.3. The molecule has 0 bridgehead atoms. The van der Waals surface area contributed by atoms with Crippen molar-refractivity contribution < 1.29 is 9.90 Å². The van der Waals surface area contributed by atoms with Crippen LogP contribution in [0.4, 0.5) is 0 Å². The maximum absolute atomic E-state index is 11.4. The van der Waals surface area contributed by atoms with E-state index in [1.165, 1.54) is 16.9 Å². The van der Waals surface area contributed by atoms with Gasteiger partial charge in [0.05, 0.1) is 5.69 Å². The Labute approximate surface area is 129 Å². The molecule has 0 fully saturated rings. The summed E-state index contributed by atoms with van der Waals surface area (Å²) >= 11 is 1.27. The van der Waals surface area contributed by atoms with Crippen molar-refractivity contribution in [2.75, 3.05) is 0 Å². The van der Waals surface area contributed by atoms with E-state index in [-0.39, 0.29) is 0 Å². The molecule has 0 spiro atoms. The van der Waals surface area contributed by atoms with Crippen molar-refractivity contribution in [3.05, 3.63) is 40.4 Å². The predicted molar refractivity (Wildman–Crippen MR) is 87.1 cm³/mol. The van der Waals surface area contributed by atoms with Crippen molar-refractivity contribution in [3.8, 4) is 10.6 Å². The van der Waals surface area contributed by atoms with Crippen molar-refractivity contribution >= 4 is 17.3 Å². The molecule has 0 unspecified atom stereocenters. The number of aromatic carboxylic acids is 1. The zero-order valence-corrected chi connectivity index (χ0v) is 13.7. The second kappa shape index (κ2) is 6.39. The Morgan fingerprint density at radius 3 is 2.29 bits per heavy atom. The average Bonchev–Trinajstić information content (AvgIpc) is 2.82. The molecule has 0 saturated heterocycles. The van der Waals surface area contributed by atoms with Gasteiger partial charge < -0.3 is 5.11 Å². The molecule has 112 valence electrons. The first-order valence-corrected chi connectivity index (χ1v) is 8.03. The first-order chi connectivity index (χ1) is 9.88. The van der Waals surface area contributed by atoms with Crippen molar-refractivity contribution in [2.45, 2.75) is 40.0 Å². The molecular formula is C17H21NO2S. The lowest BCUT2D eigenvalue weighted by molar-refractivity contribution is 0.0700. The Morgan fingerprint density at radius 1 is 1.19 bits per heavy atom. The topological polar surface area (TPSA) is 50.2 Å². The number of carboxylic acid groups (broad SMARTS) is 1. The second-order valence-corrected chi connectivity index (χ2v) is 6.97. The summed E-state index contributed by atoms with van der Waals surface area (Å²) in [5, 5.41) is 10.1. The molecule has 0 saturated carbocycles. The SMILES string of the molecule is CC(C)Cc1nc(-c2ccc(C(C)C)cc2)sc1C(=O)O. The summed E-state index contributed by atoms with van der Waals surface area (Å²) in [6, 6.07) is 8.23. The first-order valence-electron chi connectivity index (χ1n) is 7.21. The van der Waals surface area contributed by atoms with Gasteiger partial charge in [-0.05, 0) is 23.8 Å². The summed E-state index contributed by atoms with van der Waals surface area (Å²) in [6.45, 7) is 8.45. The van der Waals surface area contributed by atoms with Crippen molar-refractivity contribution in [2.24, 2.45) is 5.92 Å². The maximum Gasteiger partial charge on any atom is 0.347 e. The van der Waals surface area contributed by atoms with E-state index in [1.807, 2.05) is 12.1 Å². The number of benzene rings is 1. The lowest BCUT2D eigenvalue weighted by Gasteiger charge is -2.05. The number of carbonyl (C=O) groups is 1. The lowest BCUT2D eigenvalue weighted by Crippen LogP contribution is -2.02. The van der Waals surface area contributed by atoms with Gasteiger partial charge in [0, 0.05) is 5.56 Å². The van der Waals surface area contributed by atoms with E-state index in [9.17, 15) is 9.90 Å². The highest BCUT2D eigenvalue weighted by atomic mass is 32.1. The summed E-state index contributed by atoms with van der Waals surface area (Å²) in [6.07, 6.45) is 0.697. The van der Waals surface area contributed by atoms with Crippen LogP contribution in [0.25, 0.3) is 10.6 Å². The summed E-state index contributed by atoms with van der Waals surface area (Å²) in [5.41, 5.74) is 2.96. The van der Waals surface area contributed by atoms with Crippen LogP contribution in [-0.4, -0.2) is 16.1 Å². The fourth-order valence-corrected chi connectivity index (χ4v) is 3.12. The van der Waals surface area contributed by atoms with E-state index in [0.29, 0.717) is 28.8 Å². The number of aromatic nitrogens is 1. The molecule has 0 aliphatic heterocycles. The van der Waals surface area contributed by atoms with Gasteiger partial charge in [-0.1, -0.05) is 52.0 Å². The van der Waals surface area contributed by atoms with E-state index in [4.69, 9.17) is 0 Å². The van der Waals surface area contributed by atoms with Gasteiger partial charge in [0.2, 0.25) is 0 Å². The molecule has 0 radical (unpaired) electrons. The van der Waals surface area contributed by atoms with Crippen LogP contribution in [0.1, 0.15) is 54.5 Å². The third-order valence-corrected chi connectivity index (χ3v) is 4.45. The first kappa shape index (κ1) is 15.7. The highest BCUT2D eigenvalue weighted by Gasteiger charge is 2.18. The van der Waals surface area contributed by atoms with E-state index in [0.717, 1.165) is 10.6 Å². The number of carboxylic acids is 1. The van der Waals surface area contributed by atoms with E-state index in [2.05, 4.69) is 44.8 Å². The Morgan fingerprint density at radius 2 is 1.81 bits per heavy atom. The molecule has 0 aliphatic rings. The van der Waals surface area contributed by atoms with Crippen LogP contribution in [0.2, 0.25) is 0 Å². The monoisotopic (exact) mass is 303 g/mol. The smallest absolute Gasteiger partial charge is 0.347 e. The molecule has 1 heterocycles. The quantitative estimate of drug-likeness (QED) is 0.860. The summed E-state index contributed by atoms with van der Waals surface area (Å²) in [7, 11) is 0. The molecule has 2 rings (SSSR count). The highest BCUT2D eigenvalue weighted by Crippen LogP contribution is 2.30. The zero-order valence-electron chi connectivity index (χ0n) is 12.9. The number of hydrogen-bond donors (Lipinski definition) is 1. The molecule has 1 aromatic carbocycles. The normalized spacial score (nSPS) is 11.3. The number of nitrogens with zero attached hydrogens (tertiary/aromatic N) is 1. The highest BCUT2D eigenvalue weighted by molar-refractivity contribution is 7.17. The second-order valence-electron chi connectivity index (χ2n) is 5.97. The molecule has 0 amide bonds. The van der Waals surface area contributed by atoms with Gasteiger partial charge in [-0.2, -0.15) is 0 Å². The summed E-state index contributed by atoms with van der Waals surface area (Å²) in [5.74, 6) is -0.00371. The van der Waals surface area contributed by atoms with Gasteiger partial charge >= 0.3 is 5.97 Å². The molecule has 1 aromatic heterocycles. The Hall–Kier alpha value is -1.68. The van der Waals surface area contributed by atoms with Gasteiger partial charge in [0.1, 0.15) is 9.88 Å². The van der Waals surface area contributed by atoms with Crippen LogP contribution in [0.3, 0.4) is 0 Å². The van der Waals surface area contributed by atoms with E-state index < -0.39 is 5.97 Å². The Bertz CT molecular complexity index is 627. The zero-order chi connectivity index (χ0) is 15.6. The fraction of sp³-hybridized carbons (Fsp3) is 0.412. The number of rotatable bonds is 5. The standard InChI is InChI=1S/C17H21NO2S/c1-10(2)9-14-15(17(19)20)21-16(18-14)13-7-5-12(6-8-13)11(3)4/h5-8,10-11H,9H2,1-4H3,(H,19,20). The Kier molecular flexibility index (Phi) is 4.78. The van der Waals surface area contributed by atoms with Crippen LogP contribution < -0.4 is 0 Å². The lowest BCUT2D eigenvalue weighted by atomic mass is 10.0. The van der Waals surface area contributed by atoms with Crippen LogP contribution >= 0.6 is 11.3 Å². The molecule has 0 aliphatic carbocycles. The molecule has 4 heteroatoms. The molecule has 3 nitrogen and oxygen atoms in total. The van der Waals surface area contributed by atoms with Gasteiger partial charge in [0.15, 0.2) is 0 Å². The molecular weight excluding hydrogens is 282 g/mol. The van der Waals surface area contributed by atoms with E-state index >= 15 is 0 Å². The van der Waals surface area contributed by atoms with Crippen LogP contribution in [0.15, 0.2) is 24.3 Å². The van der Waals surface area contributed by atoms with E-state index in [1.54, 1.807) is 0 Å². The minimum absolute atomic E-state index is 0.367. The van der Waals surface area contributed by atoms with Gasteiger partial charge in [0.25, 0.3) is 0 Å². The minimum atomic E-state index is -0.881. The third kappa shape index (κ3) is 3.70. The Balaban J connectivity index is 2.37. The molecule has 2 aromatic rings. The van der Waals surface area contributed by atoms with Crippen molar-refractivity contribution in [3.63, 3.8) is 0 Å². The molecule has 0 atom stereocenters. The van der Waals surface area contributed by atoms with Crippen LogP contribution in [0.5, 0.6) is 0 Å². The van der Waals surface area contributed by atoms with Crippen LogP contribution in [0, 0.1) is 5.92 Å². The van der Waals surface area contributed by atoms with Gasteiger partial charge in [-0.25, -0.2) is 9.78 Å². The van der Waals surface area contributed by atoms with Crippen LogP contribution in [-0.2, 0) is 6.42 Å². The minimum Gasteiger partial charge on any atom is -0.477 e. The number of thiazole rings is 1. The largest absolute Gasteiger partial charge is 0.477 e. The molecule has 1 N–H and O–H groups in total. The van der Waals surface area contributed by atoms with Crippen molar-refractivity contribution in [1.82, 2.24) is 4.98 Å². The molecule has 21 heavy (non-hydrogen) atoms. The third-order valence-electron chi connectivity index (χ3n) is 3.32.